The number of rotatable bonds is 3. The molecule has 0 radical (unpaired) electrons. The Morgan fingerprint density at radius 1 is 0.952 bits per heavy atom. The molecule has 21 heavy (non-hydrogen) atoms. The van der Waals surface area contributed by atoms with Crippen molar-refractivity contribution in [1.29, 1.82) is 0 Å². The van der Waals surface area contributed by atoms with Gasteiger partial charge < -0.3 is 0 Å². The first-order chi connectivity index (χ1) is 10.3. The van der Waals surface area contributed by atoms with Crippen molar-refractivity contribution >= 4 is 37.9 Å². The van der Waals surface area contributed by atoms with Crippen LogP contribution in [0.25, 0.3) is 23.0 Å². The highest BCUT2D eigenvalue weighted by atomic mass is 79.9. The van der Waals surface area contributed by atoms with Crippen LogP contribution in [0, 0.1) is 0 Å². The van der Waals surface area contributed by atoms with E-state index in [0.29, 0.717) is 0 Å². The van der Waals surface area contributed by atoms with E-state index in [1.807, 2.05) is 65.8 Å². The Kier molecular flexibility index (Phi) is 4.31. The van der Waals surface area contributed by atoms with Crippen molar-refractivity contribution in [3.63, 3.8) is 0 Å². The molecule has 0 aliphatic heterocycles. The van der Waals surface area contributed by atoms with E-state index in [4.69, 9.17) is 0 Å². The molecule has 0 aliphatic rings. The van der Waals surface area contributed by atoms with Gasteiger partial charge in [-0.15, -0.1) is 5.10 Å². The lowest BCUT2D eigenvalue weighted by Crippen LogP contribution is -1.94. The van der Waals surface area contributed by atoms with Crippen molar-refractivity contribution in [2.45, 2.75) is 0 Å². The van der Waals surface area contributed by atoms with Crippen LogP contribution in [0.4, 0.5) is 0 Å². The summed E-state index contributed by atoms with van der Waals surface area (Å²) >= 11 is 6.70. The molecule has 0 saturated heterocycles. The molecule has 0 fully saturated rings. The summed E-state index contributed by atoms with van der Waals surface area (Å²) in [6.07, 6.45) is 3.91. The van der Waals surface area contributed by atoms with Gasteiger partial charge in [-0.1, -0.05) is 61.3 Å². The molecule has 1 aromatic heterocycles. The second-order valence-electron chi connectivity index (χ2n) is 4.44. The van der Waals surface area contributed by atoms with Crippen LogP contribution in [0.2, 0.25) is 0 Å². The van der Waals surface area contributed by atoms with Crippen LogP contribution < -0.4 is 0 Å². The van der Waals surface area contributed by atoms with Crippen molar-refractivity contribution in [2.24, 2.45) is 0 Å². The zero-order chi connectivity index (χ0) is 14.7. The normalized spacial score (nSPS) is 11.1. The van der Waals surface area contributed by atoms with Crippen LogP contribution in [-0.4, -0.2) is 15.0 Å². The van der Waals surface area contributed by atoms with Crippen LogP contribution in [-0.2, 0) is 0 Å². The van der Waals surface area contributed by atoms with Crippen LogP contribution in [0.3, 0.4) is 0 Å². The van der Waals surface area contributed by atoms with Crippen LogP contribution >= 0.6 is 31.9 Å². The summed E-state index contributed by atoms with van der Waals surface area (Å²) < 4.78 is 2.83. The van der Waals surface area contributed by atoms with Gasteiger partial charge >= 0.3 is 0 Å². The summed E-state index contributed by atoms with van der Waals surface area (Å²) in [6.45, 7) is 0. The van der Waals surface area contributed by atoms with Crippen molar-refractivity contribution in [3.8, 4) is 16.9 Å². The fourth-order valence-electron chi connectivity index (χ4n) is 1.95. The standard InChI is InChI=1S/C16H11Br2N3/c17-10-9-12-1-7-15(8-2-12)21-11-16(19-20-21)13-3-5-14(18)6-4-13/h1-11H/b10-9+. The van der Waals surface area contributed by atoms with Crippen molar-refractivity contribution < 1.29 is 0 Å². The van der Waals surface area contributed by atoms with E-state index >= 15 is 0 Å². The summed E-state index contributed by atoms with van der Waals surface area (Å²) in [5.74, 6) is 0. The van der Waals surface area contributed by atoms with Gasteiger partial charge in [-0.3, -0.25) is 0 Å². The molecule has 5 heteroatoms. The van der Waals surface area contributed by atoms with Gasteiger partial charge in [0.1, 0.15) is 5.69 Å². The first-order valence-electron chi connectivity index (χ1n) is 6.32. The number of benzene rings is 2. The Bertz CT molecular complexity index is 759. The molecule has 0 aliphatic carbocycles. The van der Waals surface area contributed by atoms with E-state index in [2.05, 4.69) is 42.2 Å². The summed E-state index contributed by atoms with van der Waals surface area (Å²) in [7, 11) is 0. The second-order valence-corrected chi connectivity index (χ2v) is 5.88. The molecule has 2 aromatic carbocycles. The summed E-state index contributed by atoms with van der Waals surface area (Å²) in [5.41, 5.74) is 4.01. The van der Waals surface area contributed by atoms with Gasteiger partial charge in [0.2, 0.25) is 0 Å². The molecule has 0 spiro atoms. The Labute approximate surface area is 139 Å². The first-order valence-corrected chi connectivity index (χ1v) is 8.02. The number of aromatic nitrogens is 3. The molecule has 0 unspecified atom stereocenters. The van der Waals surface area contributed by atoms with E-state index in [1.165, 1.54) is 0 Å². The van der Waals surface area contributed by atoms with E-state index in [9.17, 15) is 0 Å². The van der Waals surface area contributed by atoms with Crippen LogP contribution in [0.1, 0.15) is 5.56 Å². The Morgan fingerprint density at radius 2 is 1.67 bits per heavy atom. The fourth-order valence-corrected chi connectivity index (χ4v) is 2.52. The monoisotopic (exact) mass is 403 g/mol. The van der Waals surface area contributed by atoms with E-state index in [0.717, 1.165) is 27.0 Å². The van der Waals surface area contributed by atoms with E-state index < -0.39 is 0 Å². The molecule has 0 bridgehead atoms. The van der Waals surface area contributed by atoms with Gasteiger partial charge in [0.15, 0.2) is 0 Å². The largest absolute Gasteiger partial charge is 0.220 e. The van der Waals surface area contributed by atoms with Crippen LogP contribution in [0.5, 0.6) is 0 Å². The smallest absolute Gasteiger partial charge is 0.113 e. The maximum absolute atomic E-state index is 4.23. The second kappa shape index (κ2) is 6.37. The Hall–Kier alpha value is -1.72. The predicted octanol–water partition coefficient (Wildman–Crippen LogP) is 5.06. The third kappa shape index (κ3) is 3.31. The van der Waals surface area contributed by atoms with E-state index in [-0.39, 0.29) is 0 Å². The average Bonchev–Trinajstić information content (AvgIpc) is 2.99. The third-order valence-electron chi connectivity index (χ3n) is 3.05. The molecule has 104 valence electrons. The van der Waals surface area contributed by atoms with E-state index in [1.54, 1.807) is 4.68 Å². The molecule has 3 nitrogen and oxygen atoms in total. The molecule has 0 amide bonds. The zero-order valence-electron chi connectivity index (χ0n) is 10.9. The molecule has 1 heterocycles. The number of nitrogens with zero attached hydrogens (tertiary/aromatic N) is 3. The highest BCUT2D eigenvalue weighted by molar-refractivity contribution is 9.11. The van der Waals surface area contributed by atoms with Crippen molar-refractivity contribution in [2.75, 3.05) is 0 Å². The molecule has 3 rings (SSSR count). The summed E-state index contributed by atoms with van der Waals surface area (Å²) in [5, 5.41) is 8.42. The fraction of sp³-hybridized carbons (Fsp3) is 0. The lowest BCUT2D eigenvalue weighted by molar-refractivity contribution is 0.804. The minimum Gasteiger partial charge on any atom is -0.220 e. The third-order valence-corrected chi connectivity index (χ3v) is 3.84. The Morgan fingerprint density at radius 3 is 2.33 bits per heavy atom. The maximum Gasteiger partial charge on any atom is 0.113 e. The maximum atomic E-state index is 4.23. The van der Waals surface area contributed by atoms with Crippen LogP contribution in [0.15, 0.2) is 64.2 Å². The summed E-state index contributed by atoms with van der Waals surface area (Å²) in [4.78, 5) is 1.84. The number of hydrogen-bond acceptors (Lipinski definition) is 2. The predicted molar refractivity (Wildman–Crippen MR) is 92.5 cm³/mol. The SMILES string of the molecule is Br/C=C/c1ccc(-n2cc(-c3ccc(Br)cc3)nn2)cc1. The lowest BCUT2D eigenvalue weighted by atomic mass is 10.2. The minimum absolute atomic E-state index is 0.854. The summed E-state index contributed by atoms with van der Waals surface area (Å²) in [6, 6.07) is 16.1. The molecule has 0 saturated carbocycles. The molecular weight excluding hydrogens is 394 g/mol. The van der Waals surface area contributed by atoms with Crippen molar-refractivity contribution in [3.05, 3.63) is 69.7 Å². The first kappa shape index (κ1) is 14.2. The topological polar surface area (TPSA) is 30.7 Å². The highest BCUT2D eigenvalue weighted by Crippen LogP contribution is 2.20. The van der Waals surface area contributed by atoms with Gasteiger partial charge in [-0.05, 0) is 40.9 Å². The van der Waals surface area contributed by atoms with Gasteiger partial charge in [0, 0.05) is 10.0 Å². The Balaban J connectivity index is 1.89. The lowest BCUT2D eigenvalue weighted by Gasteiger charge is -2.00. The van der Waals surface area contributed by atoms with Gasteiger partial charge in [0.05, 0.1) is 11.9 Å². The quantitative estimate of drug-likeness (QED) is 0.610. The molecule has 0 atom stereocenters. The highest BCUT2D eigenvalue weighted by Gasteiger charge is 2.05. The number of hydrogen-bond donors (Lipinski definition) is 0. The molecule has 0 N–H and O–H groups in total. The van der Waals surface area contributed by atoms with Gasteiger partial charge in [0.25, 0.3) is 0 Å². The van der Waals surface area contributed by atoms with Crippen molar-refractivity contribution in [1.82, 2.24) is 15.0 Å². The van der Waals surface area contributed by atoms with Gasteiger partial charge in [-0.25, -0.2) is 4.68 Å². The molecule has 3 aromatic rings. The van der Waals surface area contributed by atoms with Gasteiger partial charge in [-0.2, -0.15) is 0 Å². The zero-order valence-corrected chi connectivity index (χ0v) is 14.1. The minimum atomic E-state index is 0.854. The molecular formula is C16H11Br2N3. The average molecular weight is 405 g/mol. The number of halogens is 2.